The molecule has 2 aliphatic rings. The molecule has 0 saturated heterocycles. The number of carbonyl (C=O) groups is 2. The highest BCUT2D eigenvalue weighted by Crippen LogP contribution is 2.45. The molecule has 0 bridgehead atoms. The normalized spacial score (nSPS) is 15.4. The number of H-pyrrole nitrogens is 1. The summed E-state index contributed by atoms with van der Waals surface area (Å²) in [6.07, 6.45) is 5.92. The molecule has 2 amide bonds. The summed E-state index contributed by atoms with van der Waals surface area (Å²) in [4.78, 5) is 34.7. The number of hydrogen-bond acceptors (Lipinski definition) is 4. The molecule has 168 valence electrons. The topological polar surface area (TPSA) is 65.6 Å². The lowest BCUT2D eigenvalue weighted by Crippen LogP contribution is -2.42. The van der Waals surface area contributed by atoms with Crippen LogP contribution in [0, 0.1) is 0 Å². The van der Waals surface area contributed by atoms with Gasteiger partial charge in [0.2, 0.25) is 0 Å². The lowest BCUT2D eigenvalue weighted by atomic mass is 9.93. The molecule has 2 heterocycles. The molecule has 0 radical (unpaired) electrons. The van der Waals surface area contributed by atoms with Crippen LogP contribution in [0.5, 0.6) is 5.75 Å². The van der Waals surface area contributed by atoms with Gasteiger partial charge in [0, 0.05) is 5.39 Å². The number of nitrogens with one attached hydrogen (secondary N) is 1. The number of hydrogen-bond donors (Lipinski definition) is 1. The standard InChI is InChI=1S/C26H31N3O3/c1-4-6-14-28(13-5-2)15-29-25(30)20-16-9-7-10-17(16)24-22(23(20)26(29)31)21-18(27-24)11-8-12-19(21)32-3/h8,11-12,27H,4-7,9-10,13-15H2,1-3H3. The average Bonchev–Trinajstić information content (AvgIpc) is 3.48. The van der Waals surface area contributed by atoms with Gasteiger partial charge < -0.3 is 9.72 Å². The Morgan fingerprint density at radius 2 is 1.78 bits per heavy atom. The van der Waals surface area contributed by atoms with E-state index in [1.165, 1.54) is 10.5 Å². The third kappa shape index (κ3) is 3.04. The molecule has 5 rings (SSSR count). The van der Waals surface area contributed by atoms with Crippen molar-refractivity contribution in [2.45, 2.75) is 52.4 Å². The molecule has 2 aromatic carbocycles. The van der Waals surface area contributed by atoms with Crippen molar-refractivity contribution in [2.24, 2.45) is 0 Å². The summed E-state index contributed by atoms with van der Waals surface area (Å²) in [6.45, 7) is 6.43. The van der Waals surface area contributed by atoms with Crippen LogP contribution in [0.4, 0.5) is 0 Å². The van der Waals surface area contributed by atoms with Crippen molar-refractivity contribution in [1.82, 2.24) is 14.8 Å². The molecular formula is C26H31N3O3. The summed E-state index contributed by atoms with van der Waals surface area (Å²) in [5.74, 6) is 0.421. The first-order valence-electron chi connectivity index (χ1n) is 11.8. The molecule has 0 fully saturated rings. The van der Waals surface area contributed by atoms with Crippen molar-refractivity contribution in [1.29, 1.82) is 0 Å². The number of aryl methyl sites for hydroxylation is 1. The van der Waals surface area contributed by atoms with Crippen molar-refractivity contribution in [2.75, 3.05) is 26.9 Å². The summed E-state index contributed by atoms with van der Waals surface area (Å²) < 4.78 is 5.66. The predicted octanol–water partition coefficient (Wildman–Crippen LogP) is 4.88. The van der Waals surface area contributed by atoms with E-state index in [9.17, 15) is 9.59 Å². The number of methoxy groups -OCH3 is 1. The van der Waals surface area contributed by atoms with Crippen molar-refractivity contribution >= 4 is 33.6 Å². The summed E-state index contributed by atoms with van der Waals surface area (Å²) in [5.41, 5.74) is 5.39. The Balaban J connectivity index is 1.70. The van der Waals surface area contributed by atoms with Crippen LogP contribution < -0.4 is 4.74 Å². The van der Waals surface area contributed by atoms with Crippen molar-refractivity contribution in [3.05, 3.63) is 40.5 Å². The SMILES string of the molecule is CCCCN(CCC)CN1C(=O)c2c3c(c4[nH]c5cccc(OC)c5c4c2C1=O)CCC3. The second kappa shape index (κ2) is 8.24. The number of unbranched alkanes of at least 4 members (excludes halogenated alkanes) is 1. The first-order chi connectivity index (χ1) is 15.6. The van der Waals surface area contributed by atoms with E-state index in [4.69, 9.17) is 4.74 Å². The van der Waals surface area contributed by atoms with Crippen LogP contribution in [-0.2, 0) is 12.8 Å². The molecule has 1 aliphatic carbocycles. The quantitative estimate of drug-likeness (QED) is 0.514. The molecule has 1 N–H and O–H groups in total. The monoisotopic (exact) mass is 433 g/mol. The Kier molecular flexibility index (Phi) is 5.41. The minimum atomic E-state index is -0.172. The minimum Gasteiger partial charge on any atom is -0.496 e. The van der Waals surface area contributed by atoms with Crippen molar-refractivity contribution < 1.29 is 14.3 Å². The zero-order valence-electron chi connectivity index (χ0n) is 19.2. The van der Waals surface area contributed by atoms with Crippen LogP contribution in [0.15, 0.2) is 18.2 Å². The summed E-state index contributed by atoms with van der Waals surface area (Å²) in [7, 11) is 1.65. The van der Waals surface area contributed by atoms with Crippen molar-refractivity contribution in [3.63, 3.8) is 0 Å². The van der Waals surface area contributed by atoms with Gasteiger partial charge in [-0.05, 0) is 68.5 Å². The van der Waals surface area contributed by atoms with E-state index in [0.717, 1.165) is 84.7 Å². The van der Waals surface area contributed by atoms with E-state index < -0.39 is 0 Å². The van der Waals surface area contributed by atoms with Crippen LogP contribution in [0.25, 0.3) is 21.8 Å². The van der Waals surface area contributed by atoms with Gasteiger partial charge in [0.25, 0.3) is 11.8 Å². The van der Waals surface area contributed by atoms with E-state index in [1.807, 2.05) is 18.2 Å². The van der Waals surface area contributed by atoms with Gasteiger partial charge in [0.1, 0.15) is 5.75 Å². The highest BCUT2D eigenvalue weighted by molar-refractivity contribution is 6.31. The second-order valence-corrected chi connectivity index (χ2v) is 8.97. The van der Waals surface area contributed by atoms with Gasteiger partial charge in [-0.1, -0.05) is 26.3 Å². The lowest BCUT2D eigenvalue weighted by Gasteiger charge is -2.26. The number of ether oxygens (including phenoxy) is 1. The van der Waals surface area contributed by atoms with E-state index in [0.29, 0.717) is 17.8 Å². The first-order valence-corrected chi connectivity index (χ1v) is 11.8. The number of rotatable bonds is 8. The number of amides is 2. The van der Waals surface area contributed by atoms with Gasteiger partial charge in [-0.2, -0.15) is 0 Å². The fourth-order valence-corrected chi connectivity index (χ4v) is 5.52. The Morgan fingerprint density at radius 1 is 1.00 bits per heavy atom. The number of aromatic amines is 1. The molecule has 6 heteroatoms. The number of benzene rings is 2. The van der Waals surface area contributed by atoms with Gasteiger partial charge in [-0.15, -0.1) is 0 Å². The maximum Gasteiger partial charge on any atom is 0.263 e. The van der Waals surface area contributed by atoms with E-state index in [-0.39, 0.29) is 11.8 Å². The van der Waals surface area contributed by atoms with Crippen molar-refractivity contribution in [3.8, 4) is 5.75 Å². The van der Waals surface area contributed by atoms with Gasteiger partial charge in [0.05, 0.1) is 41.3 Å². The van der Waals surface area contributed by atoms with Crippen LogP contribution in [-0.4, -0.2) is 53.5 Å². The average molecular weight is 434 g/mol. The summed E-state index contributed by atoms with van der Waals surface area (Å²) >= 11 is 0. The highest BCUT2D eigenvalue weighted by Gasteiger charge is 2.42. The Bertz CT molecular complexity index is 1230. The lowest BCUT2D eigenvalue weighted by molar-refractivity contribution is 0.0539. The zero-order chi connectivity index (χ0) is 22.4. The van der Waals surface area contributed by atoms with E-state index in [1.54, 1.807) is 7.11 Å². The third-order valence-electron chi connectivity index (χ3n) is 6.95. The van der Waals surface area contributed by atoms with Gasteiger partial charge >= 0.3 is 0 Å². The fraction of sp³-hybridized carbons (Fsp3) is 0.462. The largest absolute Gasteiger partial charge is 0.496 e. The van der Waals surface area contributed by atoms with Gasteiger partial charge in [0.15, 0.2) is 0 Å². The number of imide groups is 1. The van der Waals surface area contributed by atoms with Gasteiger partial charge in [-0.3, -0.25) is 19.4 Å². The number of carbonyl (C=O) groups excluding carboxylic acids is 2. The summed E-state index contributed by atoms with van der Waals surface area (Å²) in [6, 6.07) is 5.88. The third-order valence-corrected chi connectivity index (χ3v) is 6.95. The minimum absolute atomic E-state index is 0.133. The fourth-order valence-electron chi connectivity index (χ4n) is 5.52. The maximum atomic E-state index is 13.8. The highest BCUT2D eigenvalue weighted by atomic mass is 16.5. The van der Waals surface area contributed by atoms with E-state index in [2.05, 4.69) is 23.7 Å². The smallest absolute Gasteiger partial charge is 0.263 e. The molecule has 0 saturated carbocycles. The maximum absolute atomic E-state index is 13.8. The Morgan fingerprint density at radius 3 is 2.53 bits per heavy atom. The van der Waals surface area contributed by atoms with E-state index >= 15 is 0 Å². The second-order valence-electron chi connectivity index (χ2n) is 8.97. The number of fused-ring (bicyclic) bond motifs is 8. The zero-order valence-corrected chi connectivity index (χ0v) is 19.2. The Hall–Kier alpha value is -2.86. The Labute approximate surface area is 188 Å². The van der Waals surface area contributed by atoms with Crippen LogP contribution in [0.3, 0.4) is 0 Å². The molecule has 1 aliphatic heterocycles. The molecular weight excluding hydrogens is 402 g/mol. The van der Waals surface area contributed by atoms with Crippen LogP contribution in [0.2, 0.25) is 0 Å². The van der Waals surface area contributed by atoms with Gasteiger partial charge in [-0.25, -0.2) is 0 Å². The predicted molar refractivity (Wildman–Crippen MR) is 127 cm³/mol. The molecule has 1 aromatic heterocycles. The first kappa shape index (κ1) is 21.0. The molecule has 0 unspecified atom stereocenters. The molecule has 0 spiro atoms. The molecule has 6 nitrogen and oxygen atoms in total. The molecule has 0 atom stereocenters. The van der Waals surface area contributed by atoms with Crippen LogP contribution in [0.1, 0.15) is 71.4 Å². The van der Waals surface area contributed by atoms with Crippen LogP contribution >= 0.6 is 0 Å². The number of nitrogens with zero attached hydrogens (tertiary/aromatic N) is 2. The molecule has 3 aromatic rings. The summed E-state index contributed by atoms with van der Waals surface area (Å²) in [5, 5.41) is 1.75. The number of aromatic nitrogens is 1. The molecule has 32 heavy (non-hydrogen) atoms.